The number of ether oxygens (including phenoxy) is 2. The van der Waals surface area contributed by atoms with Gasteiger partial charge in [-0.05, 0) is 38.0 Å². The molecule has 4 rings (SSSR count). The molecular weight excluding hydrogens is 314 g/mol. The van der Waals surface area contributed by atoms with E-state index >= 15 is 0 Å². The number of aromatic nitrogens is 2. The van der Waals surface area contributed by atoms with Crippen molar-refractivity contribution in [2.24, 2.45) is 0 Å². The van der Waals surface area contributed by atoms with Gasteiger partial charge in [0.1, 0.15) is 10.0 Å². The molecule has 0 unspecified atom stereocenters. The molecule has 0 radical (unpaired) electrons. The van der Waals surface area contributed by atoms with Gasteiger partial charge >= 0.3 is 0 Å². The summed E-state index contributed by atoms with van der Waals surface area (Å²) >= 11 is 1.62. The Labute approximate surface area is 138 Å². The summed E-state index contributed by atoms with van der Waals surface area (Å²) in [4.78, 5) is 14.7. The van der Waals surface area contributed by atoms with Gasteiger partial charge in [-0.2, -0.15) is 0 Å². The fraction of sp³-hybridized carbons (Fsp3) is 0.438. The molecule has 2 aliphatic rings. The second-order valence-corrected chi connectivity index (χ2v) is 7.03. The zero-order valence-corrected chi connectivity index (χ0v) is 13.6. The Hall–Kier alpha value is -2.15. The van der Waals surface area contributed by atoms with E-state index in [0.717, 1.165) is 29.4 Å². The average Bonchev–Trinajstić information content (AvgIpc) is 3.22. The molecule has 0 N–H and O–H groups in total. The minimum absolute atomic E-state index is 0.0363. The first-order valence-electron chi connectivity index (χ1n) is 7.69. The second kappa shape index (κ2) is 5.81. The van der Waals surface area contributed by atoms with Crippen LogP contribution >= 0.6 is 11.3 Å². The summed E-state index contributed by atoms with van der Waals surface area (Å²) in [7, 11) is 0. The SMILES string of the molecule is Cc1nnc([C@H]2CCCN(C(=O)c3ccc4c(c3)OCO4)C2)s1. The number of benzene rings is 1. The first kappa shape index (κ1) is 14.4. The molecule has 1 amide bonds. The predicted molar refractivity (Wildman–Crippen MR) is 85.1 cm³/mol. The minimum atomic E-state index is 0.0363. The van der Waals surface area contributed by atoms with E-state index < -0.39 is 0 Å². The van der Waals surface area contributed by atoms with Crippen molar-refractivity contribution in [2.45, 2.75) is 25.7 Å². The van der Waals surface area contributed by atoms with Crippen LogP contribution in [0, 0.1) is 6.92 Å². The number of fused-ring (bicyclic) bond motifs is 1. The molecule has 3 heterocycles. The summed E-state index contributed by atoms with van der Waals surface area (Å²) in [6.07, 6.45) is 2.04. The number of rotatable bonds is 2. The number of likely N-dealkylation sites (tertiary alicyclic amines) is 1. The number of aryl methyl sites for hydroxylation is 1. The molecule has 2 aromatic rings. The van der Waals surface area contributed by atoms with E-state index in [0.29, 0.717) is 23.6 Å². The smallest absolute Gasteiger partial charge is 0.254 e. The van der Waals surface area contributed by atoms with Gasteiger partial charge in [0.05, 0.1) is 0 Å². The van der Waals surface area contributed by atoms with E-state index in [1.54, 1.807) is 29.5 Å². The van der Waals surface area contributed by atoms with Gasteiger partial charge in [-0.25, -0.2) is 0 Å². The van der Waals surface area contributed by atoms with Gasteiger partial charge in [0, 0.05) is 24.6 Å². The number of amides is 1. The van der Waals surface area contributed by atoms with E-state index in [-0.39, 0.29) is 18.6 Å². The number of hydrogen-bond acceptors (Lipinski definition) is 6. The van der Waals surface area contributed by atoms with Gasteiger partial charge in [0.15, 0.2) is 11.5 Å². The molecular formula is C16H17N3O3S. The van der Waals surface area contributed by atoms with Gasteiger partial charge in [-0.15, -0.1) is 21.5 Å². The molecule has 0 bridgehead atoms. The van der Waals surface area contributed by atoms with E-state index in [4.69, 9.17) is 9.47 Å². The Morgan fingerprint density at radius 2 is 2.17 bits per heavy atom. The molecule has 1 aromatic heterocycles. The molecule has 120 valence electrons. The average molecular weight is 331 g/mol. The fourth-order valence-corrected chi connectivity index (χ4v) is 3.88. The Morgan fingerprint density at radius 3 is 3.00 bits per heavy atom. The molecule has 23 heavy (non-hydrogen) atoms. The summed E-state index contributed by atoms with van der Waals surface area (Å²) in [5.74, 6) is 1.66. The van der Waals surface area contributed by atoms with Gasteiger partial charge in [0.2, 0.25) is 6.79 Å². The van der Waals surface area contributed by atoms with Crippen molar-refractivity contribution in [3.05, 3.63) is 33.8 Å². The molecule has 0 spiro atoms. The van der Waals surface area contributed by atoms with Crippen LogP contribution in [0.15, 0.2) is 18.2 Å². The Balaban J connectivity index is 1.51. The highest BCUT2D eigenvalue weighted by molar-refractivity contribution is 7.11. The van der Waals surface area contributed by atoms with Crippen LogP contribution in [-0.4, -0.2) is 40.9 Å². The van der Waals surface area contributed by atoms with Crippen molar-refractivity contribution in [3.63, 3.8) is 0 Å². The van der Waals surface area contributed by atoms with Crippen molar-refractivity contribution >= 4 is 17.2 Å². The number of nitrogens with zero attached hydrogens (tertiary/aromatic N) is 3. The summed E-state index contributed by atoms with van der Waals surface area (Å²) in [6.45, 7) is 3.65. The highest BCUT2D eigenvalue weighted by Crippen LogP contribution is 2.34. The largest absolute Gasteiger partial charge is 0.454 e. The zero-order valence-electron chi connectivity index (χ0n) is 12.8. The van der Waals surface area contributed by atoms with Crippen LogP contribution in [-0.2, 0) is 0 Å². The number of hydrogen-bond donors (Lipinski definition) is 0. The molecule has 2 aliphatic heterocycles. The number of carbonyl (C=O) groups excluding carboxylic acids is 1. The van der Waals surface area contributed by atoms with Gasteiger partial charge in [0.25, 0.3) is 5.91 Å². The normalized spacial score (nSPS) is 19.9. The minimum Gasteiger partial charge on any atom is -0.454 e. The summed E-state index contributed by atoms with van der Waals surface area (Å²) in [5, 5.41) is 10.3. The van der Waals surface area contributed by atoms with Crippen LogP contribution in [0.1, 0.15) is 39.1 Å². The lowest BCUT2D eigenvalue weighted by Crippen LogP contribution is -2.39. The molecule has 1 saturated heterocycles. The summed E-state index contributed by atoms with van der Waals surface area (Å²) < 4.78 is 10.7. The zero-order chi connectivity index (χ0) is 15.8. The van der Waals surface area contributed by atoms with Crippen LogP contribution in [0.25, 0.3) is 0 Å². The van der Waals surface area contributed by atoms with Gasteiger partial charge < -0.3 is 14.4 Å². The third-order valence-electron chi connectivity index (χ3n) is 4.22. The maximum Gasteiger partial charge on any atom is 0.254 e. The van der Waals surface area contributed by atoms with E-state index in [9.17, 15) is 4.79 Å². The number of carbonyl (C=O) groups is 1. The van der Waals surface area contributed by atoms with Crippen molar-refractivity contribution < 1.29 is 14.3 Å². The van der Waals surface area contributed by atoms with Crippen LogP contribution in [0.4, 0.5) is 0 Å². The highest BCUT2D eigenvalue weighted by Gasteiger charge is 2.28. The topological polar surface area (TPSA) is 64.6 Å². The second-order valence-electron chi connectivity index (χ2n) is 5.82. The quantitative estimate of drug-likeness (QED) is 0.846. The van der Waals surface area contributed by atoms with E-state index in [1.165, 1.54) is 0 Å². The van der Waals surface area contributed by atoms with Crippen molar-refractivity contribution in [1.29, 1.82) is 0 Å². The van der Waals surface area contributed by atoms with Gasteiger partial charge in [-0.1, -0.05) is 0 Å². The summed E-state index contributed by atoms with van der Waals surface area (Å²) in [6, 6.07) is 5.36. The molecule has 0 saturated carbocycles. The Kier molecular flexibility index (Phi) is 3.65. The van der Waals surface area contributed by atoms with E-state index in [1.807, 2.05) is 11.8 Å². The summed E-state index contributed by atoms with van der Waals surface area (Å²) in [5.41, 5.74) is 0.642. The monoisotopic (exact) mass is 331 g/mol. The molecule has 1 aromatic carbocycles. The predicted octanol–water partition coefficient (Wildman–Crippen LogP) is 2.60. The van der Waals surface area contributed by atoms with Crippen LogP contribution in [0.2, 0.25) is 0 Å². The molecule has 0 aliphatic carbocycles. The van der Waals surface area contributed by atoms with Crippen LogP contribution in [0.5, 0.6) is 11.5 Å². The number of piperidine rings is 1. The molecule has 6 nitrogen and oxygen atoms in total. The molecule has 7 heteroatoms. The highest BCUT2D eigenvalue weighted by atomic mass is 32.1. The van der Waals surface area contributed by atoms with E-state index in [2.05, 4.69) is 10.2 Å². The van der Waals surface area contributed by atoms with Crippen molar-refractivity contribution in [3.8, 4) is 11.5 Å². The maximum atomic E-state index is 12.8. The van der Waals surface area contributed by atoms with Crippen LogP contribution < -0.4 is 9.47 Å². The van der Waals surface area contributed by atoms with Crippen molar-refractivity contribution in [2.75, 3.05) is 19.9 Å². The Bertz CT molecular complexity index is 746. The lowest BCUT2D eigenvalue weighted by Gasteiger charge is -2.31. The lowest BCUT2D eigenvalue weighted by molar-refractivity contribution is 0.0706. The fourth-order valence-electron chi connectivity index (χ4n) is 3.05. The first-order chi connectivity index (χ1) is 11.2. The van der Waals surface area contributed by atoms with Crippen LogP contribution in [0.3, 0.4) is 0 Å². The Morgan fingerprint density at radius 1 is 1.30 bits per heavy atom. The standard InChI is InChI=1S/C16H17N3O3S/c1-10-17-18-15(23-10)12-3-2-6-19(8-12)16(20)11-4-5-13-14(7-11)22-9-21-13/h4-5,7,12H,2-3,6,8-9H2,1H3/t12-/m0/s1. The third kappa shape index (κ3) is 2.76. The molecule has 1 atom stereocenters. The molecule has 1 fully saturated rings. The maximum absolute atomic E-state index is 12.8. The lowest BCUT2D eigenvalue weighted by atomic mass is 9.98. The van der Waals surface area contributed by atoms with Gasteiger partial charge in [-0.3, -0.25) is 4.79 Å². The third-order valence-corrected chi connectivity index (χ3v) is 5.22. The van der Waals surface area contributed by atoms with Crippen molar-refractivity contribution in [1.82, 2.24) is 15.1 Å². The first-order valence-corrected chi connectivity index (χ1v) is 8.51.